The number of benzene rings is 2. The highest BCUT2D eigenvalue weighted by Gasteiger charge is 2.20. The smallest absolute Gasteiger partial charge is 0.229 e. The molecule has 0 fully saturated rings. The maximum absolute atomic E-state index is 13.1. The van der Waals surface area contributed by atoms with Crippen LogP contribution in [0.2, 0.25) is 0 Å². The van der Waals surface area contributed by atoms with Crippen molar-refractivity contribution in [2.45, 2.75) is 24.3 Å². The average Bonchev–Trinajstić information content (AvgIpc) is 3.19. The highest BCUT2D eigenvalue weighted by atomic mass is 79.9. The zero-order valence-electron chi connectivity index (χ0n) is 16.5. The molecule has 0 saturated carbocycles. The number of halogens is 2. The topological polar surface area (TPSA) is 46.1 Å². The number of carbonyl (C=O) groups is 1. The van der Waals surface area contributed by atoms with Crippen LogP contribution >= 0.6 is 39.0 Å². The van der Waals surface area contributed by atoms with Gasteiger partial charge in [-0.3, -0.25) is 14.7 Å². The molecule has 1 amide bonds. The van der Waals surface area contributed by atoms with E-state index in [0.717, 1.165) is 37.5 Å². The summed E-state index contributed by atoms with van der Waals surface area (Å²) in [6, 6.07) is 18.0. The second kappa shape index (κ2) is 10.3. The van der Waals surface area contributed by atoms with Gasteiger partial charge >= 0.3 is 0 Å². The summed E-state index contributed by atoms with van der Waals surface area (Å²) in [5.74, 6) is 0.553. The molecule has 0 unspecified atom stereocenters. The van der Waals surface area contributed by atoms with Gasteiger partial charge in [-0.25, -0.2) is 9.37 Å². The minimum Gasteiger partial charge on any atom is -0.282 e. The van der Waals surface area contributed by atoms with Crippen molar-refractivity contribution in [2.24, 2.45) is 0 Å². The van der Waals surface area contributed by atoms with E-state index in [1.165, 1.54) is 23.5 Å². The lowest BCUT2D eigenvalue weighted by molar-refractivity contribution is -0.118. The molecule has 0 aliphatic rings. The number of pyridine rings is 1. The number of carbonyl (C=O) groups excluding carboxylic acids is 1. The van der Waals surface area contributed by atoms with Crippen LogP contribution in [0.5, 0.6) is 0 Å². The first kappa shape index (κ1) is 21.9. The zero-order chi connectivity index (χ0) is 21.6. The molecule has 0 atom stereocenters. The van der Waals surface area contributed by atoms with E-state index in [1.54, 1.807) is 35.0 Å². The molecule has 0 N–H and O–H groups in total. The van der Waals surface area contributed by atoms with Gasteiger partial charge in [0.15, 0.2) is 5.13 Å². The fraction of sp³-hybridized carbons (Fsp3) is 0.174. The zero-order valence-corrected chi connectivity index (χ0v) is 19.7. The number of thiazole rings is 1. The Labute approximate surface area is 196 Å². The molecule has 0 aliphatic carbocycles. The maximum atomic E-state index is 13.1. The van der Waals surface area contributed by atoms with Crippen molar-refractivity contribution in [1.82, 2.24) is 9.97 Å². The molecule has 0 bridgehead atoms. The number of thioether (sulfide) groups is 1. The molecular formula is C23H19BrFN3OS2. The molecule has 4 rings (SSSR count). The SMILES string of the molecule is O=C(CCCSc1ccc(F)cc1)N(Cc1ccccn1)c1nc2ccc(Br)cc2s1. The molecule has 2 heterocycles. The van der Waals surface area contributed by atoms with Gasteiger partial charge in [-0.1, -0.05) is 33.3 Å². The van der Waals surface area contributed by atoms with E-state index in [4.69, 9.17) is 0 Å². The number of aromatic nitrogens is 2. The summed E-state index contributed by atoms with van der Waals surface area (Å²) in [6.07, 6.45) is 2.85. The number of amides is 1. The van der Waals surface area contributed by atoms with E-state index in [9.17, 15) is 9.18 Å². The Morgan fingerprint density at radius 1 is 1.13 bits per heavy atom. The van der Waals surface area contributed by atoms with E-state index < -0.39 is 0 Å². The van der Waals surface area contributed by atoms with Crippen LogP contribution in [0.3, 0.4) is 0 Å². The quantitative estimate of drug-likeness (QED) is 0.193. The van der Waals surface area contributed by atoms with Gasteiger partial charge in [-0.2, -0.15) is 0 Å². The Hall–Kier alpha value is -2.29. The Morgan fingerprint density at radius 3 is 2.74 bits per heavy atom. The second-order valence-corrected chi connectivity index (χ2v) is 9.91. The normalized spacial score (nSPS) is 11.0. The van der Waals surface area contributed by atoms with Crippen LogP contribution in [0, 0.1) is 5.82 Å². The maximum Gasteiger partial charge on any atom is 0.229 e. The fourth-order valence-corrected chi connectivity index (χ4v) is 5.38. The fourth-order valence-electron chi connectivity index (χ4n) is 3.00. The molecule has 0 radical (unpaired) electrons. The minimum atomic E-state index is -0.243. The van der Waals surface area contributed by atoms with Crippen molar-refractivity contribution in [3.05, 3.63) is 82.8 Å². The first-order chi connectivity index (χ1) is 15.1. The van der Waals surface area contributed by atoms with Gasteiger partial charge < -0.3 is 0 Å². The first-order valence-corrected chi connectivity index (χ1v) is 12.3. The van der Waals surface area contributed by atoms with Gasteiger partial charge in [-0.05, 0) is 66.8 Å². The van der Waals surface area contributed by atoms with Gasteiger partial charge in [-0.15, -0.1) is 11.8 Å². The molecule has 2 aromatic heterocycles. The van der Waals surface area contributed by atoms with E-state index >= 15 is 0 Å². The molecule has 0 spiro atoms. The van der Waals surface area contributed by atoms with Crippen molar-refractivity contribution < 1.29 is 9.18 Å². The van der Waals surface area contributed by atoms with E-state index in [-0.39, 0.29) is 11.7 Å². The molecule has 8 heteroatoms. The van der Waals surface area contributed by atoms with Crippen molar-refractivity contribution in [2.75, 3.05) is 10.7 Å². The summed E-state index contributed by atoms with van der Waals surface area (Å²) in [5, 5.41) is 0.676. The Bertz CT molecular complexity index is 1170. The van der Waals surface area contributed by atoms with Crippen LogP contribution in [0.4, 0.5) is 9.52 Å². The van der Waals surface area contributed by atoms with Crippen molar-refractivity contribution >= 4 is 60.3 Å². The lowest BCUT2D eigenvalue weighted by Gasteiger charge is -2.19. The number of anilines is 1. The molecule has 31 heavy (non-hydrogen) atoms. The monoisotopic (exact) mass is 515 g/mol. The summed E-state index contributed by atoms with van der Waals surface area (Å²) in [4.78, 5) is 24.9. The van der Waals surface area contributed by atoms with Gasteiger partial charge in [0.2, 0.25) is 5.91 Å². The Kier molecular flexibility index (Phi) is 7.32. The summed E-state index contributed by atoms with van der Waals surface area (Å²) in [5.41, 5.74) is 1.69. The predicted octanol–water partition coefficient (Wildman–Crippen LogP) is 6.70. The van der Waals surface area contributed by atoms with Crippen LogP contribution in [0.1, 0.15) is 18.5 Å². The molecule has 0 aliphatic heterocycles. The molecule has 158 valence electrons. The van der Waals surface area contributed by atoms with Crippen LogP contribution in [-0.4, -0.2) is 21.6 Å². The van der Waals surface area contributed by atoms with Crippen molar-refractivity contribution in [1.29, 1.82) is 0 Å². The number of hydrogen-bond donors (Lipinski definition) is 0. The van der Waals surface area contributed by atoms with Gasteiger partial charge in [0.05, 0.1) is 22.5 Å². The number of hydrogen-bond acceptors (Lipinski definition) is 5. The average molecular weight is 516 g/mol. The Morgan fingerprint density at radius 2 is 1.97 bits per heavy atom. The van der Waals surface area contributed by atoms with E-state index in [0.29, 0.717) is 18.1 Å². The third-order valence-corrected chi connectivity index (χ3v) is 7.17. The van der Waals surface area contributed by atoms with Crippen LogP contribution in [0.15, 0.2) is 76.2 Å². The van der Waals surface area contributed by atoms with Crippen LogP contribution < -0.4 is 4.90 Å². The molecule has 0 saturated heterocycles. The number of rotatable bonds is 8. The second-order valence-electron chi connectivity index (χ2n) is 6.82. The highest BCUT2D eigenvalue weighted by molar-refractivity contribution is 9.10. The minimum absolute atomic E-state index is 0.0171. The van der Waals surface area contributed by atoms with Gasteiger partial charge in [0, 0.05) is 22.0 Å². The number of nitrogens with zero attached hydrogens (tertiary/aromatic N) is 3. The predicted molar refractivity (Wildman–Crippen MR) is 129 cm³/mol. The Balaban J connectivity index is 1.46. The molecule has 4 aromatic rings. The molecular weight excluding hydrogens is 497 g/mol. The van der Waals surface area contributed by atoms with Gasteiger partial charge in [0.25, 0.3) is 0 Å². The number of fused-ring (bicyclic) bond motifs is 1. The molecule has 4 nitrogen and oxygen atoms in total. The van der Waals surface area contributed by atoms with Crippen LogP contribution in [0.25, 0.3) is 10.2 Å². The lowest BCUT2D eigenvalue weighted by atomic mass is 10.2. The largest absolute Gasteiger partial charge is 0.282 e. The third kappa shape index (κ3) is 5.90. The summed E-state index contributed by atoms with van der Waals surface area (Å²) in [6.45, 7) is 0.381. The van der Waals surface area contributed by atoms with Crippen molar-refractivity contribution in [3.63, 3.8) is 0 Å². The van der Waals surface area contributed by atoms with Crippen molar-refractivity contribution in [3.8, 4) is 0 Å². The van der Waals surface area contributed by atoms with Gasteiger partial charge in [0.1, 0.15) is 5.82 Å². The molecule has 2 aromatic carbocycles. The van der Waals surface area contributed by atoms with E-state index in [1.807, 2.05) is 36.4 Å². The summed E-state index contributed by atoms with van der Waals surface area (Å²) in [7, 11) is 0. The standard InChI is InChI=1S/C23H19BrFN3OS2/c24-16-6-11-20-21(14-16)31-23(27-20)28(15-18-4-1-2-12-26-18)22(29)5-3-13-30-19-9-7-17(25)8-10-19/h1-2,4,6-12,14H,3,5,13,15H2. The van der Waals surface area contributed by atoms with E-state index in [2.05, 4.69) is 25.9 Å². The summed E-state index contributed by atoms with van der Waals surface area (Å²) >= 11 is 6.61. The third-order valence-electron chi connectivity index (χ3n) is 4.53. The summed E-state index contributed by atoms with van der Waals surface area (Å²) < 4.78 is 15.0. The van der Waals surface area contributed by atoms with Crippen LogP contribution in [-0.2, 0) is 11.3 Å². The first-order valence-electron chi connectivity index (χ1n) is 9.73. The highest BCUT2D eigenvalue weighted by Crippen LogP contribution is 2.32. The lowest BCUT2D eigenvalue weighted by Crippen LogP contribution is -2.30.